The molecule has 0 aliphatic carbocycles. The Morgan fingerprint density at radius 2 is 1.88 bits per heavy atom. The van der Waals surface area contributed by atoms with Crippen LogP contribution in [0, 0.1) is 0 Å². The average Bonchev–Trinajstić information content (AvgIpc) is 2.65. The first-order chi connectivity index (χ1) is 12.3. The number of ether oxygens (including phenoxy) is 1. The van der Waals surface area contributed by atoms with Gasteiger partial charge >= 0.3 is 0 Å². The molecule has 1 aromatic carbocycles. The zero-order chi connectivity index (χ0) is 19.3. The normalized spacial score (nSPS) is 11.3. The first-order valence-corrected chi connectivity index (χ1v) is 8.73. The quantitative estimate of drug-likeness (QED) is 0.416. The molecule has 0 bridgehead atoms. The van der Waals surface area contributed by atoms with Gasteiger partial charge in [-0.05, 0) is 37.5 Å². The third-order valence-electron chi connectivity index (χ3n) is 3.57. The molecule has 3 N–H and O–H groups in total. The van der Waals surface area contributed by atoms with E-state index in [1.165, 1.54) is 0 Å². The molecule has 2 rings (SSSR count). The number of hydrogen-bond acceptors (Lipinski definition) is 5. The first kappa shape index (κ1) is 20.3. The smallest absolute Gasteiger partial charge is 0.291 e. The second kappa shape index (κ2) is 9.07. The molecule has 2 aromatic rings. The van der Waals surface area contributed by atoms with Gasteiger partial charge in [-0.25, -0.2) is 10.4 Å². The number of nitrogens with zero attached hydrogens (tertiary/aromatic N) is 2. The van der Waals surface area contributed by atoms with E-state index >= 15 is 0 Å². The number of aromatic nitrogens is 1. The fourth-order valence-corrected chi connectivity index (χ4v) is 2.65. The monoisotopic (exact) mass is 414 g/mol. The lowest BCUT2D eigenvalue weighted by atomic mass is 10.1. The number of rotatable bonds is 6. The van der Waals surface area contributed by atoms with Crippen molar-refractivity contribution in [1.29, 1.82) is 0 Å². The molecule has 26 heavy (non-hydrogen) atoms. The number of carbonyl (C=O) groups is 1. The number of benzene rings is 1. The topological polar surface area (TPSA) is 89.6 Å². The second-order valence-corrected chi connectivity index (χ2v) is 6.54. The van der Waals surface area contributed by atoms with Crippen molar-refractivity contribution in [3.8, 4) is 5.75 Å². The van der Waals surface area contributed by atoms with Gasteiger partial charge in [0.15, 0.2) is 10.8 Å². The molecule has 0 saturated heterocycles. The van der Waals surface area contributed by atoms with Crippen molar-refractivity contribution in [2.45, 2.75) is 19.8 Å². The molecule has 0 saturated carbocycles. The van der Waals surface area contributed by atoms with Crippen LogP contribution < -0.4 is 15.9 Å². The van der Waals surface area contributed by atoms with E-state index in [4.69, 9.17) is 45.3 Å². The zero-order valence-electron chi connectivity index (χ0n) is 14.1. The average molecular weight is 416 g/mol. The predicted octanol–water partition coefficient (Wildman–Crippen LogP) is 4.37. The lowest BCUT2D eigenvalue weighted by molar-refractivity contribution is 0.0950. The summed E-state index contributed by atoms with van der Waals surface area (Å²) in [5.74, 6) is 0.181. The highest BCUT2D eigenvalue weighted by molar-refractivity contribution is 6.46. The van der Waals surface area contributed by atoms with Crippen molar-refractivity contribution in [1.82, 2.24) is 10.4 Å². The first-order valence-electron chi connectivity index (χ1n) is 7.60. The third kappa shape index (κ3) is 5.00. The number of halogens is 3. The molecule has 0 unspecified atom stereocenters. The lowest BCUT2D eigenvalue weighted by Gasteiger charge is -2.08. The van der Waals surface area contributed by atoms with Gasteiger partial charge in [-0.1, -0.05) is 46.9 Å². The molecule has 1 amide bonds. The van der Waals surface area contributed by atoms with E-state index in [9.17, 15) is 4.79 Å². The molecule has 138 valence electrons. The van der Waals surface area contributed by atoms with E-state index in [-0.39, 0.29) is 26.6 Å². The molecular weight excluding hydrogens is 399 g/mol. The van der Waals surface area contributed by atoms with Gasteiger partial charge in [-0.15, -0.1) is 0 Å². The Labute approximate surface area is 166 Å². The molecule has 6 nitrogen and oxygen atoms in total. The Kier molecular flexibility index (Phi) is 7.08. The Bertz CT molecular complexity index is 839. The summed E-state index contributed by atoms with van der Waals surface area (Å²) in [4.78, 5) is 16.0. The predicted molar refractivity (Wildman–Crippen MR) is 106 cm³/mol. The molecule has 0 aliphatic heterocycles. The van der Waals surface area contributed by atoms with Crippen LogP contribution in [0.25, 0.3) is 0 Å². The summed E-state index contributed by atoms with van der Waals surface area (Å²) in [6.45, 7) is 1.81. The summed E-state index contributed by atoms with van der Waals surface area (Å²) in [6, 6.07) is 7.75. The zero-order valence-corrected chi connectivity index (χ0v) is 16.4. The maximum Gasteiger partial charge on any atom is 0.291 e. The maximum atomic E-state index is 12.2. The highest BCUT2D eigenvalue weighted by atomic mass is 35.5. The van der Waals surface area contributed by atoms with Gasteiger partial charge in [0.05, 0.1) is 17.8 Å². The largest absolute Gasteiger partial charge is 0.497 e. The van der Waals surface area contributed by atoms with Gasteiger partial charge in [0.25, 0.3) is 5.91 Å². The molecule has 1 aromatic heterocycles. The summed E-state index contributed by atoms with van der Waals surface area (Å²) >= 11 is 17.7. The highest BCUT2D eigenvalue weighted by Crippen LogP contribution is 2.34. The number of methoxy groups -OCH3 is 1. The maximum absolute atomic E-state index is 12.2. The number of nitrogen functional groups attached to an aromatic ring is 1. The van der Waals surface area contributed by atoms with E-state index in [0.29, 0.717) is 6.42 Å². The number of carbonyl (C=O) groups excluding carboxylic acids is 1. The van der Waals surface area contributed by atoms with E-state index in [1.807, 2.05) is 31.2 Å². The van der Waals surface area contributed by atoms with Crippen molar-refractivity contribution < 1.29 is 9.53 Å². The molecule has 0 aliphatic rings. The fourth-order valence-electron chi connectivity index (χ4n) is 2.05. The van der Waals surface area contributed by atoms with Gasteiger partial charge in [-0.3, -0.25) is 4.79 Å². The van der Waals surface area contributed by atoms with E-state index in [2.05, 4.69) is 15.5 Å². The van der Waals surface area contributed by atoms with Crippen LogP contribution in [0.2, 0.25) is 15.2 Å². The van der Waals surface area contributed by atoms with Crippen LogP contribution in [-0.2, 0) is 6.42 Å². The molecule has 9 heteroatoms. The standard InChI is InChI=1S/C17H17Cl3N4O2/c1-9(3-4-10-5-7-11(26-2)8-6-10)23-24-17(25)15-12(18)14(21)13(19)16(20)22-15/h5-8H,3-4H2,1-2H3,(H2,21,22)(H,24,25)/b23-9+. The number of pyridine rings is 1. The molecule has 0 fully saturated rings. The fraction of sp³-hybridized carbons (Fsp3) is 0.235. The van der Waals surface area contributed by atoms with Crippen LogP contribution in [0.1, 0.15) is 29.4 Å². The molecule has 0 atom stereocenters. The van der Waals surface area contributed by atoms with Crippen molar-refractivity contribution in [3.05, 3.63) is 50.7 Å². The van der Waals surface area contributed by atoms with Gasteiger partial charge in [0.1, 0.15) is 10.8 Å². The van der Waals surface area contributed by atoms with E-state index < -0.39 is 5.91 Å². The minimum atomic E-state index is -0.621. The number of anilines is 1. The molecule has 0 radical (unpaired) electrons. The van der Waals surface area contributed by atoms with Gasteiger partial charge in [-0.2, -0.15) is 5.10 Å². The molecular formula is C17H17Cl3N4O2. The Hall–Kier alpha value is -2.02. The van der Waals surface area contributed by atoms with Gasteiger partial charge in [0.2, 0.25) is 0 Å². The summed E-state index contributed by atoms with van der Waals surface area (Å²) in [6.07, 6.45) is 1.44. The van der Waals surface area contributed by atoms with Gasteiger partial charge in [0, 0.05) is 5.71 Å². The minimum absolute atomic E-state index is 0.00121. The Balaban J connectivity index is 1.98. The lowest BCUT2D eigenvalue weighted by Crippen LogP contribution is -2.21. The number of aryl methyl sites for hydroxylation is 1. The number of hydrazone groups is 1. The van der Waals surface area contributed by atoms with Crippen LogP contribution in [0.3, 0.4) is 0 Å². The van der Waals surface area contributed by atoms with Crippen molar-refractivity contribution >= 4 is 52.1 Å². The summed E-state index contributed by atoms with van der Waals surface area (Å²) in [5, 5.41) is 3.89. The minimum Gasteiger partial charge on any atom is -0.497 e. The van der Waals surface area contributed by atoms with Crippen LogP contribution in [0.5, 0.6) is 5.75 Å². The number of amides is 1. The SMILES string of the molecule is COc1ccc(CC/C(C)=N/NC(=O)c2nc(Cl)c(Cl)c(N)c2Cl)cc1. The third-order valence-corrected chi connectivity index (χ3v) is 4.71. The Morgan fingerprint density at radius 3 is 2.50 bits per heavy atom. The van der Waals surface area contributed by atoms with Crippen molar-refractivity contribution in [3.63, 3.8) is 0 Å². The summed E-state index contributed by atoms with van der Waals surface area (Å²) < 4.78 is 5.12. The molecule has 0 spiro atoms. The number of nitrogens with one attached hydrogen (secondary N) is 1. The van der Waals surface area contributed by atoms with Crippen LogP contribution in [0.4, 0.5) is 5.69 Å². The van der Waals surface area contributed by atoms with Crippen LogP contribution >= 0.6 is 34.8 Å². The summed E-state index contributed by atoms with van der Waals surface area (Å²) in [7, 11) is 1.62. The second-order valence-electron chi connectivity index (χ2n) is 5.43. The van der Waals surface area contributed by atoms with Crippen molar-refractivity contribution in [2.75, 3.05) is 12.8 Å². The highest BCUT2D eigenvalue weighted by Gasteiger charge is 2.19. The van der Waals surface area contributed by atoms with Gasteiger partial charge < -0.3 is 10.5 Å². The van der Waals surface area contributed by atoms with Crippen molar-refractivity contribution in [2.24, 2.45) is 5.10 Å². The number of hydrogen-bond donors (Lipinski definition) is 2. The van der Waals surface area contributed by atoms with E-state index in [1.54, 1.807) is 7.11 Å². The van der Waals surface area contributed by atoms with Crippen LogP contribution in [0.15, 0.2) is 29.4 Å². The van der Waals surface area contributed by atoms with Crippen LogP contribution in [-0.4, -0.2) is 23.7 Å². The number of nitrogens with two attached hydrogens (primary N) is 1. The summed E-state index contributed by atoms with van der Waals surface area (Å²) in [5.41, 5.74) is 9.82. The Morgan fingerprint density at radius 1 is 1.23 bits per heavy atom. The van der Waals surface area contributed by atoms with E-state index in [0.717, 1.165) is 23.4 Å². The molecule has 1 heterocycles.